The smallest absolute Gasteiger partial charge is 0.396 e. The van der Waals surface area contributed by atoms with Crippen molar-refractivity contribution < 1.29 is 22.7 Å². The van der Waals surface area contributed by atoms with E-state index in [1.54, 1.807) is 6.92 Å². The molecule has 1 N–H and O–H groups in total. The van der Waals surface area contributed by atoms with Gasteiger partial charge in [-0.1, -0.05) is 0 Å². The fourth-order valence-electron chi connectivity index (χ4n) is 2.50. The lowest BCUT2D eigenvalue weighted by atomic mass is 9.96. The molecule has 1 aliphatic heterocycles. The molecule has 2 fully saturated rings. The summed E-state index contributed by atoms with van der Waals surface area (Å²) < 4.78 is 43.1. The van der Waals surface area contributed by atoms with Gasteiger partial charge in [-0.2, -0.15) is 13.2 Å². The molecule has 6 heteroatoms. The van der Waals surface area contributed by atoms with E-state index in [-0.39, 0.29) is 26.1 Å². The molecule has 15 heavy (non-hydrogen) atoms. The molecule has 1 heterocycles. The van der Waals surface area contributed by atoms with Crippen molar-refractivity contribution in [2.45, 2.75) is 19.5 Å². The van der Waals surface area contributed by atoms with Gasteiger partial charge < -0.3 is 10.1 Å². The predicted molar refractivity (Wildman–Crippen MR) is 45.0 cm³/mol. The summed E-state index contributed by atoms with van der Waals surface area (Å²) in [6, 6.07) is 0. The van der Waals surface area contributed by atoms with Crippen LogP contribution in [0.25, 0.3) is 0 Å². The number of alkyl halides is 3. The average Bonchev–Trinajstić information content (AvgIpc) is 2.66. The largest absolute Gasteiger partial charge is 0.466 e. The molecule has 0 radical (unpaired) electrons. The summed E-state index contributed by atoms with van der Waals surface area (Å²) in [5.41, 5.74) is -3.21. The monoisotopic (exact) mass is 223 g/mol. The number of rotatable bonds is 2. The van der Waals surface area contributed by atoms with Crippen molar-refractivity contribution >= 4 is 5.97 Å². The quantitative estimate of drug-likeness (QED) is 0.712. The maximum atomic E-state index is 12.8. The predicted octanol–water partition coefficient (Wildman–Crippen LogP) is 1.09. The molecule has 0 amide bonds. The van der Waals surface area contributed by atoms with Gasteiger partial charge in [-0.3, -0.25) is 4.79 Å². The zero-order valence-electron chi connectivity index (χ0n) is 8.28. The Morgan fingerprint density at radius 3 is 2.60 bits per heavy atom. The molecule has 1 aliphatic carbocycles. The summed E-state index contributed by atoms with van der Waals surface area (Å²) in [6.07, 6.45) is -4.46. The van der Waals surface area contributed by atoms with Gasteiger partial charge in [0, 0.05) is 13.1 Å². The molecule has 0 spiro atoms. The number of halogens is 3. The molecule has 0 aromatic rings. The molecule has 3 nitrogen and oxygen atoms in total. The summed E-state index contributed by atoms with van der Waals surface area (Å²) in [5, 5.41) is 2.63. The van der Waals surface area contributed by atoms with Crippen LogP contribution >= 0.6 is 0 Å². The van der Waals surface area contributed by atoms with Gasteiger partial charge in [0.2, 0.25) is 0 Å². The molecule has 86 valence electrons. The fourth-order valence-corrected chi connectivity index (χ4v) is 2.50. The zero-order valence-corrected chi connectivity index (χ0v) is 8.28. The van der Waals surface area contributed by atoms with E-state index < -0.39 is 23.0 Å². The Kier molecular flexibility index (Phi) is 2.05. The van der Waals surface area contributed by atoms with Crippen LogP contribution in [0.15, 0.2) is 0 Å². The molecular weight excluding hydrogens is 211 g/mol. The first-order valence-electron chi connectivity index (χ1n) is 4.84. The number of hydrogen-bond acceptors (Lipinski definition) is 3. The highest BCUT2D eigenvalue weighted by molar-refractivity contribution is 5.83. The van der Waals surface area contributed by atoms with E-state index in [9.17, 15) is 18.0 Å². The summed E-state index contributed by atoms with van der Waals surface area (Å²) in [4.78, 5) is 11.5. The minimum absolute atomic E-state index is 0.0747. The number of esters is 1. The lowest BCUT2D eigenvalue weighted by molar-refractivity contribution is -0.196. The highest BCUT2D eigenvalue weighted by Crippen LogP contribution is 2.73. The average molecular weight is 223 g/mol. The fraction of sp³-hybridized carbons (Fsp3) is 0.889. The minimum Gasteiger partial charge on any atom is -0.466 e. The van der Waals surface area contributed by atoms with Crippen LogP contribution in [-0.4, -0.2) is 31.8 Å². The number of carbonyl (C=O) groups excluding carboxylic acids is 1. The van der Waals surface area contributed by atoms with Crippen molar-refractivity contribution in [3.8, 4) is 0 Å². The second-order valence-electron chi connectivity index (χ2n) is 4.16. The van der Waals surface area contributed by atoms with Crippen LogP contribution in [0.5, 0.6) is 0 Å². The Morgan fingerprint density at radius 1 is 1.47 bits per heavy atom. The van der Waals surface area contributed by atoms with Gasteiger partial charge in [-0.25, -0.2) is 0 Å². The van der Waals surface area contributed by atoms with Crippen LogP contribution < -0.4 is 5.32 Å². The van der Waals surface area contributed by atoms with Crippen molar-refractivity contribution in [3.05, 3.63) is 0 Å². The standard InChI is InChI=1S/C9H12F3NO2/c1-2-15-6(14)7-3-8(7,5-13-4-7)9(10,11)12/h13H,2-5H2,1H3/t7-,8-/m0/s1. The highest BCUT2D eigenvalue weighted by atomic mass is 19.4. The van der Waals surface area contributed by atoms with E-state index in [2.05, 4.69) is 5.32 Å². The summed E-state index contributed by atoms with van der Waals surface area (Å²) in [5.74, 6) is -0.715. The number of ether oxygens (including phenoxy) is 1. The minimum atomic E-state index is -4.33. The second-order valence-corrected chi connectivity index (χ2v) is 4.16. The second kappa shape index (κ2) is 2.87. The van der Waals surface area contributed by atoms with Gasteiger partial charge in [0.05, 0.1) is 17.4 Å². The lowest BCUT2D eigenvalue weighted by Crippen LogP contribution is -2.35. The topological polar surface area (TPSA) is 38.3 Å². The number of fused-ring (bicyclic) bond motifs is 1. The molecule has 1 saturated heterocycles. The molecule has 2 aliphatic rings. The van der Waals surface area contributed by atoms with Crippen LogP contribution in [0.2, 0.25) is 0 Å². The van der Waals surface area contributed by atoms with Gasteiger partial charge in [0.15, 0.2) is 0 Å². The third-order valence-electron chi connectivity index (χ3n) is 3.46. The van der Waals surface area contributed by atoms with E-state index in [1.165, 1.54) is 0 Å². The van der Waals surface area contributed by atoms with Gasteiger partial charge in [0.25, 0.3) is 0 Å². The Morgan fingerprint density at radius 2 is 2.13 bits per heavy atom. The van der Waals surface area contributed by atoms with Crippen molar-refractivity contribution in [1.29, 1.82) is 0 Å². The van der Waals surface area contributed by atoms with Crippen molar-refractivity contribution in [2.24, 2.45) is 10.8 Å². The zero-order chi connectivity index (χ0) is 11.3. The van der Waals surface area contributed by atoms with E-state index in [1.807, 2.05) is 0 Å². The lowest BCUT2D eigenvalue weighted by Gasteiger charge is -2.19. The first-order valence-corrected chi connectivity index (χ1v) is 4.84. The number of hydrogen-bond donors (Lipinski definition) is 1. The van der Waals surface area contributed by atoms with Gasteiger partial charge in [-0.05, 0) is 13.3 Å². The molecule has 2 atom stereocenters. The van der Waals surface area contributed by atoms with Crippen LogP contribution in [0.3, 0.4) is 0 Å². The van der Waals surface area contributed by atoms with Crippen molar-refractivity contribution in [2.75, 3.05) is 19.7 Å². The molecular formula is C9H12F3NO2. The summed E-state index contributed by atoms with van der Waals surface area (Å²) >= 11 is 0. The normalized spacial score (nSPS) is 38.7. The first-order chi connectivity index (χ1) is 6.90. The van der Waals surface area contributed by atoms with Crippen LogP contribution in [0.1, 0.15) is 13.3 Å². The number of nitrogens with one attached hydrogen (secondary N) is 1. The Bertz CT molecular complexity index is 304. The maximum Gasteiger partial charge on any atom is 0.396 e. The third-order valence-corrected chi connectivity index (χ3v) is 3.46. The Balaban J connectivity index is 2.23. The SMILES string of the molecule is CCOC(=O)[C@]12CNC[C@@]1(C(F)(F)F)C2. The molecule has 2 rings (SSSR count). The molecule has 1 saturated carbocycles. The van der Waals surface area contributed by atoms with E-state index >= 15 is 0 Å². The maximum absolute atomic E-state index is 12.8. The van der Waals surface area contributed by atoms with Crippen LogP contribution in [0.4, 0.5) is 13.2 Å². The number of piperidine rings is 1. The Hall–Kier alpha value is -0.780. The highest BCUT2D eigenvalue weighted by Gasteiger charge is 2.85. The van der Waals surface area contributed by atoms with Crippen molar-refractivity contribution in [3.63, 3.8) is 0 Å². The molecule has 0 bridgehead atoms. The van der Waals surface area contributed by atoms with E-state index in [0.717, 1.165) is 0 Å². The third kappa shape index (κ3) is 1.14. The van der Waals surface area contributed by atoms with Gasteiger partial charge >= 0.3 is 12.1 Å². The van der Waals surface area contributed by atoms with Crippen LogP contribution in [0, 0.1) is 10.8 Å². The Labute approximate surface area is 85.0 Å². The summed E-state index contributed by atoms with van der Waals surface area (Å²) in [6.45, 7) is 1.61. The molecule has 0 aromatic heterocycles. The van der Waals surface area contributed by atoms with Crippen LogP contribution in [-0.2, 0) is 9.53 Å². The first kappa shape index (κ1) is 10.7. The van der Waals surface area contributed by atoms with Gasteiger partial charge in [0.1, 0.15) is 0 Å². The molecule has 0 aromatic carbocycles. The molecule has 0 unspecified atom stereocenters. The van der Waals surface area contributed by atoms with E-state index in [4.69, 9.17) is 4.74 Å². The van der Waals surface area contributed by atoms with Crippen molar-refractivity contribution in [1.82, 2.24) is 5.32 Å². The van der Waals surface area contributed by atoms with E-state index in [0.29, 0.717) is 0 Å². The summed E-state index contributed by atoms with van der Waals surface area (Å²) in [7, 11) is 0. The van der Waals surface area contributed by atoms with Gasteiger partial charge in [-0.15, -0.1) is 0 Å². The number of carbonyl (C=O) groups is 1.